The van der Waals surface area contributed by atoms with E-state index < -0.39 is 5.41 Å². The number of benzene rings is 1. The Bertz CT molecular complexity index is 635. The van der Waals surface area contributed by atoms with Crippen molar-refractivity contribution in [2.24, 2.45) is 11.3 Å². The molecule has 2 atom stereocenters. The minimum atomic E-state index is -0.471. The molecule has 0 radical (unpaired) electrons. The van der Waals surface area contributed by atoms with E-state index in [9.17, 15) is 9.90 Å². The molecule has 0 spiro atoms. The first-order valence-electron chi connectivity index (χ1n) is 8.04. The molecule has 4 heteroatoms. The number of esters is 1. The molecule has 0 aromatic heterocycles. The van der Waals surface area contributed by atoms with Crippen molar-refractivity contribution in [2.45, 2.75) is 25.7 Å². The van der Waals surface area contributed by atoms with Gasteiger partial charge in [-0.1, -0.05) is 47.9 Å². The molecular formula is C19H21ClO3. The zero-order valence-corrected chi connectivity index (χ0v) is 13.8. The smallest absolute Gasteiger partial charge is 0.338 e. The molecule has 2 unspecified atom stereocenters. The van der Waals surface area contributed by atoms with Crippen LogP contribution in [0, 0.1) is 11.3 Å². The van der Waals surface area contributed by atoms with E-state index in [2.05, 4.69) is 0 Å². The standard InChI is InChI=1S/C19H21ClO3/c20-16-8-9-17-15(11-16)7-4-10-19(17,12-21)13-23-18(22)14-5-2-1-3-6-14/h1-3,5-6,8-9,15,21H,4,7,10-13H2. The van der Waals surface area contributed by atoms with E-state index in [4.69, 9.17) is 16.3 Å². The highest BCUT2D eigenvalue weighted by Gasteiger charge is 2.42. The highest BCUT2D eigenvalue weighted by molar-refractivity contribution is 6.29. The van der Waals surface area contributed by atoms with Crippen LogP contribution in [0.15, 0.2) is 53.1 Å². The molecule has 2 aliphatic carbocycles. The minimum Gasteiger partial charge on any atom is -0.461 e. The molecule has 23 heavy (non-hydrogen) atoms. The molecule has 1 aromatic rings. The molecule has 0 heterocycles. The molecule has 0 aliphatic heterocycles. The van der Waals surface area contributed by atoms with Gasteiger partial charge in [0.05, 0.1) is 12.2 Å². The minimum absolute atomic E-state index is 0.0110. The molecule has 1 aromatic carbocycles. The normalized spacial score (nSPS) is 26.8. The van der Waals surface area contributed by atoms with Gasteiger partial charge in [0.25, 0.3) is 0 Å². The maximum Gasteiger partial charge on any atom is 0.338 e. The summed E-state index contributed by atoms with van der Waals surface area (Å²) >= 11 is 6.15. The Morgan fingerprint density at radius 1 is 1.30 bits per heavy atom. The van der Waals surface area contributed by atoms with Gasteiger partial charge in [-0.15, -0.1) is 0 Å². The summed E-state index contributed by atoms with van der Waals surface area (Å²) in [5, 5.41) is 10.9. The van der Waals surface area contributed by atoms with Crippen molar-refractivity contribution in [1.82, 2.24) is 0 Å². The SMILES string of the molecule is O=C(OCC1(CO)CCCC2CC(Cl)=CC=C21)c1ccccc1. The number of rotatable bonds is 4. The number of hydrogen-bond donors (Lipinski definition) is 1. The summed E-state index contributed by atoms with van der Waals surface area (Å²) in [6.07, 6.45) is 7.66. The van der Waals surface area contributed by atoms with E-state index in [1.165, 1.54) is 5.57 Å². The zero-order valence-electron chi connectivity index (χ0n) is 13.0. The number of halogens is 1. The number of fused-ring (bicyclic) bond motifs is 1. The lowest BCUT2D eigenvalue weighted by Crippen LogP contribution is -2.40. The van der Waals surface area contributed by atoms with Gasteiger partial charge < -0.3 is 9.84 Å². The second kappa shape index (κ2) is 6.90. The van der Waals surface area contributed by atoms with Crippen LogP contribution in [-0.4, -0.2) is 24.3 Å². The van der Waals surface area contributed by atoms with Gasteiger partial charge in [0, 0.05) is 10.4 Å². The summed E-state index contributed by atoms with van der Waals surface area (Å²) in [5.41, 5.74) is 1.24. The highest BCUT2D eigenvalue weighted by Crippen LogP contribution is 2.48. The Morgan fingerprint density at radius 3 is 2.83 bits per heavy atom. The summed E-state index contributed by atoms with van der Waals surface area (Å²) < 4.78 is 5.54. The van der Waals surface area contributed by atoms with Crippen molar-refractivity contribution < 1.29 is 14.6 Å². The topological polar surface area (TPSA) is 46.5 Å². The number of aliphatic hydroxyl groups is 1. The van der Waals surface area contributed by atoms with Crippen molar-refractivity contribution >= 4 is 17.6 Å². The monoisotopic (exact) mass is 332 g/mol. The number of carbonyl (C=O) groups excluding carboxylic acids is 1. The summed E-state index contributed by atoms with van der Waals surface area (Å²) in [4.78, 5) is 12.2. The van der Waals surface area contributed by atoms with Crippen LogP contribution in [0.5, 0.6) is 0 Å². The Hall–Kier alpha value is -1.58. The van der Waals surface area contributed by atoms with Crippen LogP contribution in [0.1, 0.15) is 36.0 Å². The second-order valence-corrected chi connectivity index (χ2v) is 6.89. The molecule has 0 saturated heterocycles. The fourth-order valence-electron chi connectivity index (χ4n) is 3.66. The van der Waals surface area contributed by atoms with Crippen molar-refractivity contribution in [3.8, 4) is 0 Å². The van der Waals surface area contributed by atoms with E-state index in [0.717, 1.165) is 30.7 Å². The zero-order chi connectivity index (χ0) is 16.3. The van der Waals surface area contributed by atoms with Crippen LogP contribution >= 0.6 is 11.6 Å². The van der Waals surface area contributed by atoms with E-state index in [1.807, 2.05) is 30.4 Å². The van der Waals surface area contributed by atoms with Crippen LogP contribution in [0.25, 0.3) is 0 Å². The van der Waals surface area contributed by atoms with Crippen molar-refractivity contribution in [3.63, 3.8) is 0 Å². The molecular weight excluding hydrogens is 312 g/mol. The Kier molecular flexibility index (Phi) is 4.88. The lowest BCUT2D eigenvalue weighted by molar-refractivity contribution is 0.00985. The molecule has 0 amide bonds. The van der Waals surface area contributed by atoms with E-state index in [0.29, 0.717) is 11.5 Å². The predicted octanol–water partition coefficient (Wildman–Crippen LogP) is 4.08. The van der Waals surface area contributed by atoms with Gasteiger partial charge in [-0.3, -0.25) is 0 Å². The van der Waals surface area contributed by atoms with Crippen molar-refractivity contribution in [2.75, 3.05) is 13.2 Å². The molecule has 3 nitrogen and oxygen atoms in total. The molecule has 1 saturated carbocycles. The average Bonchev–Trinajstić information content (AvgIpc) is 2.60. The van der Waals surface area contributed by atoms with Gasteiger partial charge in [0.2, 0.25) is 0 Å². The molecule has 1 fully saturated rings. The highest BCUT2D eigenvalue weighted by atomic mass is 35.5. The van der Waals surface area contributed by atoms with E-state index in [1.54, 1.807) is 12.1 Å². The second-order valence-electron chi connectivity index (χ2n) is 6.41. The van der Waals surface area contributed by atoms with Crippen LogP contribution in [-0.2, 0) is 4.74 Å². The Morgan fingerprint density at radius 2 is 2.09 bits per heavy atom. The van der Waals surface area contributed by atoms with Crippen LogP contribution in [0.3, 0.4) is 0 Å². The van der Waals surface area contributed by atoms with Gasteiger partial charge in [-0.05, 0) is 43.4 Å². The third-order valence-corrected chi connectivity index (χ3v) is 5.22. The molecule has 122 valence electrons. The molecule has 3 rings (SSSR count). The summed E-state index contributed by atoms with van der Waals surface area (Å²) in [5.74, 6) is 0.00867. The summed E-state index contributed by atoms with van der Waals surface area (Å²) in [7, 11) is 0. The lowest BCUT2D eigenvalue weighted by Gasteiger charge is -2.43. The molecule has 1 N–H and O–H groups in total. The van der Waals surface area contributed by atoms with Crippen LogP contribution < -0.4 is 0 Å². The maximum absolute atomic E-state index is 12.2. The quantitative estimate of drug-likeness (QED) is 0.845. The number of aliphatic hydroxyl groups excluding tert-OH is 1. The largest absolute Gasteiger partial charge is 0.461 e. The fraction of sp³-hybridized carbons (Fsp3) is 0.421. The van der Waals surface area contributed by atoms with E-state index in [-0.39, 0.29) is 19.2 Å². The van der Waals surface area contributed by atoms with Gasteiger partial charge in [-0.25, -0.2) is 4.79 Å². The first-order valence-corrected chi connectivity index (χ1v) is 8.42. The van der Waals surface area contributed by atoms with Gasteiger partial charge in [-0.2, -0.15) is 0 Å². The average molecular weight is 333 g/mol. The predicted molar refractivity (Wildman–Crippen MR) is 90.2 cm³/mol. The summed E-state index contributed by atoms with van der Waals surface area (Å²) in [6, 6.07) is 8.96. The number of hydrogen-bond acceptors (Lipinski definition) is 3. The lowest BCUT2D eigenvalue weighted by atomic mass is 9.64. The maximum atomic E-state index is 12.2. The number of allylic oxidation sites excluding steroid dienone is 3. The Balaban J connectivity index is 1.77. The van der Waals surface area contributed by atoms with E-state index >= 15 is 0 Å². The van der Waals surface area contributed by atoms with Gasteiger partial charge in [0.15, 0.2) is 0 Å². The van der Waals surface area contributed by atoms with Crippen molar-refractivity contribution in [1.29, 1.82) is 0 Å². The first kappa shape index (κ1) is 16.3. The number of carbonyl (C=O) groups is 1. The number of ether oxygens (including phenoxy) is 1. The van der Waals surface area contributed by atoms with Gasteiger partial charge in [0.1, 0.15) is 6.61 Å². The summed E-state index contributed by atoms with van der Waals surface area (Å²) in [6.45, 7) is 0.202. The van der Waals surface area contributed by atoms with Crippen molar-refractivity contribution in [3.05, 3.63) is 58.7 Å². The molecule has 2 aliphatic rings. The van der Waals surface area contributed by atoms with Gasteiger partial charge >= 0.3 is 5.97 Å². The fourth-order valence-corrected chi connectivity index (χ4v) is 3.91. The van der Waals surface area contributed by atoms with Crippen LogP contribution in [0.4, 0.5) is 0 Å². The first-order chi connectivity index (χ1) is 11.1. The third-order valence-electron chi connectivity index (χ3n) is 4.94. The van der Waals surface area contributed by atoms with Crippen LogP contribution in [0.2, 0.25) is 0 Å². The Labute approximate surface area is 141 Å². The third kappa shape index (κ3) is 3.36. The molecule has 0 bridgehead atoms.